The van der Waals surface area contributed by atoms with Gasteiger partial charge in [-0.15, -0.1) is 11.3 Å². The van der Waals surface area contributed by atoms with Crippen LogP contribution < -0.4 is 9.47 Å². The number of methoxy groups -OCH3 is 2. The van der Waals surface area contributed by atoms with E-state index < -0.39 is 0 Å². The van der Waals surface area contributed by atoms with Crippen molar-refractivity contribution in [2.75, 3.05) is 14.2 Å². The van der Waals surface area contributed by atoms with E-state index in [1.54, 1.807) is 14.2 Å². The number of benzene rings is 1. The SMILES string of the molecule is COc1ccc(OC)c(-c2csc3nc(C(C)(C)C)c(C=O)n23)c1. The summed E-state index contributed by atoms with van der Waals surface area (Å²) < 4.78 is 12.7. The highest BCUT2D eigenvalue weighted by molar-refractivity contribution is 7.15. The number of thiazole rings is 1. The molecule has 3 aromatic rings. The summed E-state index contributed by atoms with van der Waals surface area (Å²) in [5, 5.41) is 1.99. The smallest absolute Gasteiger partial charge is 0.195 e. The summed E-state index contributed by atoms with van der Waals surface area (Å²) in [6, 6.07) is 5.62. The minimum absolute atomic E-state index is 0.211. The van der Waals surface area contributed by atoms with Gasteiger partial charge in [0, 0.05) is 16.4 Å². The third kappa shape index (κ3) is 2.57. The van der Waals surface area contributed by atoms with Crippen molar-refractivity contribution in [3.63, 3.8) is 0 Å². The van der Waals surface area contributed by atoms with Gasteiger partial charge in [0.15, 0.2) is 11.2 Å². The molecule has 0 fully saturated rings. The number of hydrogen-bond donors (Lipinski definition) is 0. The maximum atomic E-state index is 11.8. The molecule has 0 aliphatic carbocycles. The molecule has 24 heavy (non-hydrogen) atoms. The molecule has 0 aliphatic rings. The second-order valence-corrected chi connectivity index (χ2v) is 7.36. The first-order valence-electron chi connectivity index (χ1n) is 7.58. The lowest BCUT2D eigenvalue weighted by Gasteiger charge is -2.16. The summed E-state index contributed by atoms with van der Waals surface area (Å²) in [5.41, 5.74) is 2.91. The Balaban J connectivity index is 2.32. The number of hydrogen-bond acceptors (Lipinski definition) is 5. The van der Waals surface area contributed by atoms with E-state index in [0.717, 1.165) is 39.7 Å². The number of aromatic nitrogens is 2. The van der Waals surface area contributed by atoms with Gasteiger partial charge >= 0.3 is 0 Å². The van der Waals surface area contributed by atoms with Crippen LogP contribution >= 0.6 is 11.3 Å². The van der Waals surface area contributed by atoms with E-state index in [0.29, 0.717) is 5.69 Å². The van der Waals surface area contributed by atoms with Crippen LogP contribution in [0.2, 0.25) is 0 Å². The van der Waals surface area contributed by atoms with Crippen LogP contribution in [0.15, 0.2) is 23.6 Å². The zero-order chi connectivity index (χ0) is 17.5. The van der Waals surface area contributed by atoms with Crippen molar-refractivity contribution in [3.05, 3.63) is 35.0 Å². The second kappa shape index (κ2) is 5.94. The van der Waals surface area contributed by atoms with E-state index >= 15 is 0 Å². The topological polar surface area (TPSA) is 52.8 Å². The number of nitrogens with zero attached hydrogens (tertiary/aromatic N) is 2. The van der Waals surface area contributed by atoms with Crippen LogP contribution in [0, 0.1) is 0 Å². The fourth-order valence-electron chi connectivity index (χ4n) is 2.74. The molecular formula is C18H20N2O3S. The predicted molar refractivity (Wildman–Crippen MR) is 95.7 cm³/mol. The van der Waals surface area contributed by atoms with Gasteiger partial charge in [-0.2, -0.15) is 0 Å². The minimum atomic E-state index is -0.211. The Morgan fingerprint density at radius 2 is 1.96 bits per heavy atom. The first kappa shape index (κ1) is 16.5. The van der Waals surface area contributed by atoms with Crippen LogP contribution in [0.5, 0.6) is 11.5 Å². The molecule has 0 saturated heterocycles. The van der Waals surface area contributed by atoms with E-state index in [1.807, 2.05) is 28.0 Å². The number of ether oxygens (including phenoxy) is 2. The average Bonchev–Trinajstić information content (AvgIpc) is 3.12. The number of imidazole rings is 1. The van der Waals surface area contributed by atoms with Crippen molar-refractivity contribution in [1.82, 2.24) is 9.38 Å². The Morgan fingerprint density at radius 1 is 1.21 bits per heavy atom. The van der Waals surface area contributed by atoms with Gasteiger partial charge in [0.2, 0.25) is 0 Å². The van der Waals surface area contributed by atoms with Crippen molar-refractivity contribution in [2.24, 2.45) is 0 Å². The van der Waals surface area contributed by atoms with E-state index in [1.165, 1.54) is 11.3 Å². The first-order chi connectivity index (χ1) is 11.4. The van der Waals surface area contributed by atoms with E-state index in [-0.39, 0.29) is 5.41 Å². The monoisotopic (exact) mass is 344 g/mol. The van der Waals surface area contributed by atoms with Gasteiger partial charge in [-0.05, 0) is 18.2 Å². The summed E-state index contributed by atoms with van der Waals surface area (Å²) in [7, 11) is 3.25. The molecule has 0 unspecified atom stereocenters. The molecule has 0 aliphatic heterocycles. The standard InChI is InChI=1S/C18H20N2O3S/c1-18(2,3)16-13(9-21)20-14(10-24-17(20)19-16)12-8-11(22-4)6-7-15(12)23-5/h6-10H,1-5H3. The van der Waals surface area contributed by atoms with Crippen molar-refractivity contribution in [1.29, 1.82) is 0 Å². The van der Waals surface area contributed by atoms with Crippen LogP contribution in [0.4, 0.5) is 0 Å². The highest BCUT2D eigenvalue weighted by Gasteiger charge is 2.26. The Hall–Kier alpha value is -2.34. The maximum absolute atomic E-state index is 11.8. The molecule has 0 amide bonds. The fourth-order valence-corrected chi connectivity index (χ4v) is 3.64. The molecular weight excluding hydrogens is 324 g/mol. The summed E-state index contributed by atoms with van der Waals surface area (Å²) in [5.74, 6) is 1.45. The molecule has 0 radical (unpaired) electrons. The minimum Gasteiger partial charge on any atom is -0.497 e. The Labute approximate surface area is 144 Å². The van der Waals surface area contributed by atoms with E-state index in [2.05, 4.69) is 25.8 Å². The molecule has 2 heterocycles. The number of fused-ring (bicyclic) bond motifs is 1. The van der Waals surface area contributed by atoms with Crippen LogP contribution in [-0.4, -0.2) is 29.9 Å². The quantitative estimate of drug-likeness (QED) is 0.666. The molecule has 0 spiro atoms. The molecule has 126 valence electrons. The van der Waals surface area contributed by atoms with Gasteiger partial charge in [0.1, 0.15) is 17.2 Å². The lowest BCUT2D eigenvalue weighted by atomic mass is 9.91. The maximum Gasteiger partial charge on any atom is 0.195 e. The van der Waals surface area contributed by atoms with Gasteiger partial charge < -0.3 is 9.47 Å². The predicted octanol–water partition coefficient (Wildman–Crippen LogP) is 4.19. The molecule has 0 N–H and O–H groups in total. The first-order valence-corrected chi connectivity index (χ1v) is 8.46. The summed E-state index contributed by atoms with van der Waals surface area (Å²) in [4.78, 5) is 17.3. The Kier molecular flexibility index (Phi) is 4.09. The van der Waals surface area contributed by atoms with Crippen molar-refractivity contribution < 1.29 is 14.3 Å². The lowest BCUT2D eigenvalue weighted by Crippen LogP contribution is -2.14. The zero-order valence-corrected chi connectivity index (χ0v) is 15.2. The average molecular weight is 344 g/mol. The Morgan fingerprint density at radius 3 is 2.54 bits per heavy atom. The highest BCUT2D eigenvalue weighted by atomic mass is 32.1. The summed E-state index contributed by atoms with van der Waals surface area (Å²) in [6.45, 7) is 6.16. The highest BCUT2D eigenvalue weighted by Crippen LogP contribution is 2.38. The van der Waals surface area contributed by atoms with Crippen LogP contribution in [0.25, 0.3) is 16.2 Å². The van der Waals surface area contributed by atoms with Gasteiger partial charge in [0.05, 0.1) is 25.6 Å². The molecule has 0 saturated carbocycles. The number of aldehydes is 1. The number of carbonyl (C=O) groups excluding carboxylic acids is 1. The van der Waals surface area contributed by atoms with Crippen molar-refractivity contribution in [2.45, 2.75) is 26.2 Å². The van der Waals surface area contributed by atoms with Gasteiger partial charge in [-0.25, -0.2) is 4.98 Å². The van der Waals surface area contributed by atoms with Gasteiger partial charge in [0.25, 0.3) is 0 Å². The van der Waals surface area contributed by atoms with Crippen LogP contribution in [-0.2, 0) is 5.41 Å². The van der Waals surface area contributed by atoms with Crippen LogP contribution in [0.1, 0.15) is 37.0 Å². The summed E-state index contributed by atoms with van der Waals surface area (Å²) >= 11 is 1.50. The number of rotatable bonds is 4. The largest absolute Gasteiger partial charge is 0.497 e. The number of carbonyl (C=O) groups is 1. The fraction of sp³-hybridized carbons (Fsp3) is 0.333. The zero-order valence-electron chi connectivity index (χ0n) is 14.4. The molecule has 5 nitrogen and oxygen atoms in total. The molecule has 1 aromatic carbocycles. The molecule has 0 bridgehead atoms. The molecule has 2 aromatic heterocycles. The third-order valence-corrected chi connectivity index (χ3v) is 4.73. The van der Waals surface area contributed by atoms with Gasteiger partial charge in [-0.1, -0.05) is 20.8 Å². The van der Waals surface area contributed by atoms with E-state index in [4.69, 9.17) is 9.47 Å². The van der Waals surface area contributed by atoms with Gasteiger partial charge in [-0.3, -0.25) is 9.20 Å². The molecule has 0 atom stereocenters. The van der Waals surface area contributed by atoms with Crippen molar-refractivity contribution in [3.8, 4) is 22.8 Å². The van der Waals surface area contributed by atoms with Crippen LogP contribution in [0.3, 0.4) is 0 Å². The normalized spacial score (nSPS) is 11.7. The summed E-state index contributed by atoms with van der Waals surface area (Å²) in [6.07, 6.45) is 0.878. The third-order valence-electron chi connectivity index (χ3n) is 3.90. The second-order valence-electron chi connectivity index (χ2n) is 6.52. The Bertz CT molecular complexity index is 903. The molecule has 3 rings (SSSR count). The van der Waals surface area contributed by atoms with E-state index in [9.17, 15) is 4.79 Å². The van der Waals surface area contributed by atoms with Crippen molar-refractivity contribution >= 4 is 22.6 Å². The lowest BCUT2D eigenvalue weighted by molar-refractivity contribution is 0.111. The molecule has 6 heteroatoms.